The summed E-state index contributed by atoms with van der Waals surface area (Å²) < 4.78 is 7.20. The Balaban J connectivity index is 1.44. The van der Waals surface area contributed by atoms with Crippen molar-refractivity contribution in [3.05, 3.63) is 47.8 Å². The smallest absolute Gasteiger partial charge is 0.258 e. The summed E-state index contributed by atoms with van der Waals surface area (Å²) in [7, 11) is 1.82. The molecule has 0 radical (unpaired) electrons. The lowest BCUT2D eigenvalue weighted by Gasteiger charge is -2.20. The van der Waals surface area contributed by atoms with E-state index in [1.54, 1.807) is 24.0 Å². The molecule has 32 heavy (non-hydrogen) atoms. The van der Waals surface area contributed by atoms with Crippen LogP contribution >= 0.6 is 0 Å². The van der Waals surface area contributed by atoms with E-state index in [-0.39, 0.29) is 19.1 Å². The predicted octanol–water partition coefficient (Wildman–Crippen LogP) is 1.08. The van der Waals surface area contributed by atoms with Crippen molar-refractivity contribution in [2.45, 2.75) is 44.8 Å². The van der Waals surface area contributed by atoms with Gasteiger partial charge in [0.05, 0.1) is 12.7 Å². The van der Waals surface area contributed by atoms with Crippen LogP contribution in [0.5, 0.6) is 5.75 Å². The number of ether oxygens (including phenoxy) is 1. The minimum Gasteiger partial charge on any atom is -0.484 e. The number of carbonyl (C=O) groups is 1. The summed E-state index contributed by atoms with van der Waals surface area (Å²) in [5, 5.41) is 24.2. The summed E-state index contributed by atoms with van der Waals surface area (Å²) >= 11 is 0. The Morgan fingerprint density at radius 2 is 2.06 bits per heavy atom. The molecule has 1 aliphatic rings. The Bertz CT molecular complexity index is 903. The van der Waals surface area contributed by atoms with Gasteiger partial charge in [-0.3, -0.25) is 9.48 Å². The molecule has 4 N–H and O–H groups in total. The Morgan fingerprint density at radius 1 is 1.31 bits per heavy atom. The van der Waals surface area contributed by atoms with E-state index in [1.165, 1.54) is 0 Å². The molecule has 1 aromatic carbocycles. The Labute approximate surface area is 189 Å². The summed E-state index contributed by atoms with van der Waals surface area (Å²) in [5.74, 6) is 1.26. The fraction of sp³-hybridized carbons (Fsp3) is 0.522. The predicted molar refractivity (Wildman–Crippen MR) is 124 cm³/mol. The van der Waals surface area contributed by atoms with Crippen LogP contribution < -0.4 is 20.7 Å². The molecule has 1 aliphatic carbocycles. The number of nitrogens with zero attached hydrogens (tertiary/aromatic N) is 3. The molecule has 1 amide bonds. The summed E-state index contributed by atoms with van der Waals surface area (Å²) in [6.45, 7) is 5.40. The summed E-state index contributed by atoms with van der Waals surface area (Å²) in [4.78, 5) is 16.2. The second-order valence-electron chi connectivity index (χ2n) is 8.32. The largest absolute Gasteiger partial charge is 0.484 e. The van der Waals surface area contributed by atoms with Crippen molar-refractivity contribution < 1.29 is 14.6 Å². The highest BCUT2D eigenvalue weighted by atomic mass is 16.5. The van der Waals surface area contributed by atoms with Crippen LogP contribution in [0.3, 0.4) is 0 Å². The number of aliphatic hydroxyl groups is 1. The lowest BCUT2D eigenvalue weighted by Crippen LogP contribution is -2.39. The highest BCUT2D eigenvalue weighted by Gasteiger charge is 2.25. The van der Waals surface area contributed by atoms with Gasteiger partial charge in [-0.2, -0.15) is 5.10 Å². The number of aliphatic imine (C=N–C) groups is 1. The molecule has 9 heteroatoms. The minimum absolute atomic E-state index is 0.0444. The molecule has 3 rings (SSSR count). The average molecular weight is 443 g/mol. The van der Waals surface area contributed by atoms with Crippen molar-refractivity contribution >= 4 is 11.9 Å². The summed E-state index contributed by atoms with van der Waals surface area (Å²) in [6.07, 6.45) is 6.38. The zero-order chi connectivity index (χ0) is 23.0. The fourth-order valence-corrected chi connectivity index (χ4v) is 3.09. The molecule has 9 nitrogen and oxygen atoms in total. The third kappa shape index (κ3) is 7.56. The molecule has 0 saturated heterocycles. The van der Waals surface area contributed by atoms with Crippen LogP contribution in [0.1, 0.15) is 37.8 Å². The lowest BCUT2D eigenvalue weighted by molar-refractivity contribution is -0.123. The SMILES string of the molecule is CCNC(=NCC(C)(O)c1cnn(C)c1)NCCc1ccc(OCC(=O)NC2CC2)cc1. The fourth-order valence-electron chi connectivity index (χ4n) is 3.09. The van der Waals surface area contributed by atoms with Crippen LogP contribution in [0.15, 0.2) is 41.7 Å². The minimum atomic E-state index is -1.10. The molecule has 1 aromatic heterocycles. The summed E-state index contributed by atoms with van der Waals surface area (Å²) in [5.41, 5.74) is 0.777. The molecule has 1 saturated carbocycles. The van der Waals surface area contributed by atoms with Gasteiger partial charge in [0.15, 0.2) is 12.6 Å². The van der Waals surface area contributed by atoms with Gasteiger partial charge >= 0.3 is 0 Å². The molecule has 0 aliphatic heterocycles. The topological polar surface area (TPSA) is 113 Å². The van der Waals surface area contributed by atoms with Gasteiger partial charge in [0.25, 0.3) is 5.91 Å². The number of aryl methyl sites for hydroxylation is 1. The molecule has 1 fully saturated rings. The maximum Gasteiger partial charge on any atom is 0.258 e. The standard InChI is InChI=1S/C23H34N6O3/c1-4-24-22(26-16-23(2,31)18-13-27-29(3)14-18)25-12-11-17-5-9-20(10-6-17)32-15-21(30)28-19-7-8-19/h5-6,9-10,13-14,19,31H,4,7-8,11-12,15-16H2,1-3H3,(H,28,30)(H2,24,25,26). The zero-order valence-corrected chi connectivity index (χ0v) is 19.1. The van der Waals surface area contributed by atoms with Crippen molar-refractivity contribution in [3.63, 3.8) is 0 Å². The monoisotopic (exact) mass is 442 g/mol. The number of rotatable bonds is 11. The van der Waals surface area contributed by atoms with E-state index in [9.17, 15) is 9.90 Å². The molecular formula is C23H34N6O3. The van der Waals surface area contributed by atoms with Crippen LogP contribution in [-0.4, -0.2) is 59.0 Å². The molecule has 2 aromatic rings. The van der Waals surface area contributed by atoms with Crippen molar-refractivity contribution in [2.75, 3.05) is 26.2 Å². The van der Waals surface area contributed by atoms with Crippen LogP contribution in [0.25, 0.3) is 0 Å². The Morgan fingerprint density at radius 3 is 2.69 bits per heavy atom. The van der Waals surface area contributed by atoms with Gasteiger partial charge in [0.2, 0.25) is 0 Å². The second-order valence-corrected chi connectivity index (χ2v) is 8.32. The maximum absolute atomic E-state index is 11.7. The Hall–Kier alpha value is -3.07. The Kier molecular flexibility index (Phi) is 8.10. The first-order valence-electron chi connectivity index (χ1n) is 11.1. The van der Waals surface area contributed by atoms with Gasteiger partial charge in [-0.1, -0.05) is 12.1 Å². The van der Waals surface area contributed by atoms with Crippen molar-refractivity contribution in [1.82, 2.24) is 25.7 Å². The maximum atomic E-state index is 11.7. The van der Waals surface area contributed by atoms with Crippen molar-refractivity contribution in [3.8, 4) is 5.75 Å². The number of guanidine groups is 1. The quantitative estimate of drug-likeness (QED) is 0.306. The van der Waals surface area contributed by atoms with Gasteiger partial charge in [0, 0.05) is 37.9 Å². The van der Waals surface area contributed by atoms with E-state index in [4.69, 9.17) is 4.74 Å². The molecule has 1 atom stereocenters. The molecule has 1 heterocycles. The highest BCUT2D eigenvalue weighted by molar-refractivity contribution is 5.79. The van der Waals surface area contributed by atoms with E-state index in [0.717, 1.165) is 36.9 Å². The first-order chi connectivity index (χ1) is 15.4. The van der Waals surface area contributed by atoms with E-state index >= 15 is 0 Å². The van der Waals surface area contributed by atoms with Gasteiger partial charge in [-0.15, -0.1) is 0 Å². The zero-order valence-electron chi connectivity index (χ0n) is 19.1. The number of aromatic nitrogens is 2. The second kappa shape index (κ2) is 11.0. The molecule has 174 valence electrons. The van der Waals surface area contributed by atoms with Crippen LogP contribution in [0, 0.1) is 0 Å². The number of nitrogens with one attached hydrogen (secondary N) is 3. The van der Waals surface area contributed by atoms with Gasteiger partial charge in [0.1, 0.15) is 11.4 Å². The third-order valence-electron chi connectivity index (χ3n) is 5.16. The molecular weight excluding hydrogens is 408 g/mol. The first-order valence-corrected chi connectivity index (χ1v) is 11.1. The number of hydrogen-bond acceptors (Lipinski definition) is 5. The lowest BCUT2D eigenvalue weighted by atomic mass is 10.0. The normalized spacial score (nSPS) is 15.7. The number of carbonyl (C=O) groups excluding carboxylic acids is 1. The number of amides is 1. The van der Waals surface area contributed by atoms with E-state index in [1.807, 2.05) is 38.2 Å². The van der Waals surface area contributed by atoms with Crippen LogP contribution in [-0.2, 0) is 23.9 Å². The molecule has 0 spiro atoms. The van der Waals surface area contributed by atoms with Crippen LogP contribution in [0.4, 0.5) is 0 Å². The van der Waals surface area contributed by atoms with E-state index < -0.39 is 5.60 Å². The average Bonchev–Trinajstić information content (AvgIpc) is 3.47. The molecule has 1 unspecified atom stereocenters. The van der Waals surface area contributed by atoms with Gasteiger partial charge in [-0.05, 0) is 50.8 Å². The van der Waals surface area contributed by atoms with Gasteiger partial charge in [-0.25, -0.2) is 4.99 Å². The van der Waals surface area contributed by atoms with Crippen LogP contribution in [0.2, 0.25) is 0 Å². The summed E-state index contributed by atoms with van der Waals surface area (Å²) in [6, 6.07) is 8.09. The van der Waals surface area contributed by atoms with Crippen molar-refractivity contribution in [2.24, 2.45) is 12.0 Å². The van der Waals surface area contributed by atoms with E-state index in [0.29, 0.717) is 24.3 Å². The molecule has 0 bridgehead atoms. The van der Waals surface area contributed by atoms with Gasteiger partial charge < -0.3 is 25.8 Å². The van der Waals surface area contributed by atoms with Crippen molar-refractivity contribution in [1.29, 1.82) is 0 Å². The number of hydrogen-bond donors (Lipinski definition) is 4. The first kappa shape index (κ1) is 23.6. The van der Waals surface area contributed by atoms with E-state index in [2.05, 4.69) is 26.0 Å². The number of benzene rings is 1. The highest BCUT2D eigenvalue weighted by Crippen LogP contribution is 2.20. The third-order valence-corrected chi connectivity index (χ3v) is 5.16.